The summed E-state index contributed by atoms with van der Waals surface area (Å²) in [7, 11) is 0. The molecule has 3 N–H and O–H groups in total. The zero-order chi connectivity index (χ0) is 14.8. The van der Waals surface area contributed by atoms with Gasteiger partial charge in [-0.25, -0.2) is 25.8 Å². The Morgan fingerprint density at radius 2 is 1.71 bits per heavy atom. The van der Waals surface area contributed by atoms with Crippen LogP contribution in [-0.2, 0) is 0 Å². The average Bonchev–Trinajstić information content (AvgIpc) is 2.46. The van der Waals surface area contributed by atoms with Gasteiger partial charge in [0, 0.05) is 16.8 Å². The molecule has 3 aromatic rings. The van der Waals surface area contributed by atoms with Crippen molar-refractivity contribution in [2.75, 3.05) is 5.43 Å². The van der Waals surface area contributed by atoms with Gasteiger partial charge in [0.1, 0.15) is 5.03 Å². The van der Waals surface area contributed by atoms with Crippen LogP contribution in [0.3, 0.4) is 0 Å². The summed E-state index contributed by atoms with van der Waals surface area (Å²) in [6, 6.07) is 9.71. The van der Waals surface area contributed by atoms with Crippen LogP contribution in [0.1, 0.15) is 11.4 Å². The average molecular weight is 298 g/mol. The molecule has 0 bridgehead atoms. The van der Waals surface area contributed by atoms with Gasteiger partial charge in [-0.15, -0.1) is 0 Å². The van der Waals surface area contributed by atoms with Crippen molar-refractivity contribution in [1.82, 2.24) is 19.9 Å². The van der Waals surface area contributed by atoms with E-state index in [2.05, 4.69) is 25.4 Å². The first-order valence-corrected chi connectivity index (χ1v) is 7.21. The van der Waals surface area contributed by atoms with Gasteiger partial charge in [-0.1, -0.05) is 18.2 Å². The van der Waals surface area contributed by atoms with Crippen LogP contribution >= 0.6 is 11.8 Å². The van der Waals surface area contributed by atoms with Crippen molar-refractivity contribution in [2.24, 2.45) is 5.84 Å². The Labute approximate surface area is 126 Å². The fourth-order valence-corrected chi connectivity index (χ4v) is 2.98. The minimum Gasteiger partial charge on any atom is -0.292 e. The lowest BCUT2D eigenvalue weighted by atomic mass is 10.2. The number of fused-ring (bicyclic) bond motifs is 1. The van der Waals surface area contributed by atoms with E-state index in [4.69, 9.17) is 5.84 Å². The van der Waals surface area contributed by atoms with Crippen LogP contribution in [0.2, 0.25) is 0 Å². The predicted octanol–water partition coefficient (Wildman–Crippen LogP) is 2.47. The second-order valence-corrected chi connectivity index (χ2v) is 5.51. The number of hydrazine groups is 1. The lowest BCUT2D eigenvalue weighted by Crippen LogP contribution is -2.11. The van der Waals surface area contributed by atoms with Crippen molar-refractivity contribution in [3.8, 4) is 0 Å². The summed E-state index contributed by atoms with van der Waals surface area (Å²) in [6.07, 6.45) is 0. The molecule has 0 saturated heterocycles. The SMILES string of the molecule is Cc1cc(C)nc(Sc2nc(NN)nc3ccccc23)n1. The number of nitrogens with zero attached hydrogens (tertiary/aromatic N) is 4. The zero-order valence-electron chi connectivity index (χ0n) is 11.7. The van der Waals surface area contributed by atoms with Gasteiger partial charge in [0.05, 0.1) is 5.52 Å². The third-order valence-corrected chi connectivity index (χ3v) is 3.72. The number of aryl methyl sites for hydroxylation is 2. The molecule has 0 atom stereocenters. The summed E-state index contributed by atoms with van der Waals surface area (Å²) in [4.78, 5) is 17.6. The normalized spacial score (nSPS) is 10.8. The fourth-order valence-electron chi connectivity index (χ4n) is 2.02. The maximum atomic E-state index is 5.44. The second kappa shape index (κ2) is 5.63. The molecule has 0 unspecified atom stereocenters. The Morgan fingerprint density at radius 3 is 2.43 bits per heavy atom. The summed E-state index contributed by atoms with van der Waals surface area (Å²) in [5.74, 6) is 5.81. The van der Waals surface area contributed by atoms with Gasteiger partial charge in [-0.05, 0) is 37.7 Å². The van der Waals surface area contributed by atoms with Crippen LogP contribution in [0.25, 0.3) is 10.9 Å². The van der Waals surface area contributed by atoms with E-state index in [9.17, 15) is 0 Å². The first-order valence-electron chi connectivity index (χ1n) is 6.39. The summed E-state index contributed by atoms with van der Waals surface area (Å²) in [5.41, 5.74) is 5.18. The molecule has 0 fully saturated rings. The number of hydrogen-bond donors (Lipinski definition) is 2. The van der Waals surface area contributed by atoms with E-state index in [-0.39, 0.29) is 0 Å². The predicted molar refractivity (Wildman–Crippen MR) is 83.0 cm³/mol. The molecule has 0 aliphatic carbocycles. The highest BCUT2D eigenvalue weighted by Gasteiger charge is 2.10. The van der Waals surface area contributed by atoms with Gasteiger partial charge in [-0.3, -0.25) is 5.43 Å². The summed E-state index contributed by atoms with van der Waals surface area (Å²) >= 11 is 1.41. The van der Waals surface area contributed by atoms with Gasteiger partial charge < -0.3 is 0 Å². The Balaban J connectivity index is 2.10. The van der Waals surface area contributed by atoms with Crippen LogP contribution in [-0.4, -0.2) is 19.9 Å². The number of hydrogen-bond acceptors (Lipinski definition) is 7. The minimum absolute atomic E-state index is 0.376. The molecule has 0 amide bonds. The molecule has 1 aromatic carbocycles. The fraction of sp³-hybridized carbons (Fsp3) is 0.143. The molecule has 0 radical (unpaired) electrons. The van der Waals surface area contributed by atoms with Crippen LogP contribution in [0.5, 0.6) is 0 Å². The maximum Gasteiger partial charge on any atom is 0.238 e. The van der Waals surface area contributed by atoms with E-state index in [1.165, 1.54) is 11.8 Å². The Morgan fingerprint density at radius 1 is 1.00 bits per heavy atom. The second-order valence-electron chi connectivity index (χ2n) is 4.55. The minimum atomic E-state index is 0.376. The first kappa shape index (κ1) is 13.7. The zero-order valence-corrected chi connectivity index (χ0v) is 12.5. The van der Waals surface area contributed by atoms with Gasteiger partial charge in [-0.2, -0.15) is 0 Å². The van der Waals surface area contributed by atoms with Gasteiger partial charge in [0.2, 0.25) is 5.95 Å². The first-order chi connectivity index (χ1) is 10.2. The maximum absolute atomic E-state index is 5.44. The highest BCUT2D eigenvalue weighted by Crippen LogP contribution is 2.30. The molecule has 0 aliphatic rings. The third kappa shape index (κ3) is 2.93. The van der Waals surface area contributed by atoms with Gasteiger partial charge in [0.15, 0.2) is 5.16 Å². The molecule has 0 saturated carbocycles. The number of para-hydroxylation sites is 1. The molecule has 6 nitrogen and oxygen atoms in total. The number of benzene rings is 1. The Bertz CT molecular complexity index is 784. The van der Waals surface area contributed by atoms with Crippen molar-refractivity contribution in [1.29, 1.82) is 0 Å². The molecular formula is C14H14N6S. The van der Waals surface area contributed by atoms with Gasteiger partial charge >= 0.3 is 0 Å². The molecule has 0 spiro atoms. The number of aromatic nitrogens is 4. The van der Waals surface area contributed by atoms with Crippen LogP contribution in [0.15, 0.2) is 40.5 Å². The molecule has 2 aromatic heterocycles. The van der Waals surface area contributed by atoms with E-state index >= 15 is 0 Å². The molecule has 0 aliphatic heterocycles. The topological polar surface area (TPSA) is 89.6 Å². The molecule has 3 rings (SSSR count). The van der Waals surface area contributed by atoms with E-state index in [0.717, 1.165) is 27.3 Å². The monoisotopic (exact) mass is 298 g/mol. The molecule has 7 heteroatoms. The molecular weight excluding hydrogens is 284 g/mol. The smallest absolute Gasteiger partial charge is 0.238 e. The largest absolute Gasteiger partial charge is 0.292 e. The van der Waals surface area contributed by atoms with Crippen molar-refractivity contribution < 1.29 is 0 Å². The number of nitrogens with one attached hydrogen (secondary N) is 1. The van der Waals surface area contributed by atoms with Crippen LogP contribution in [0, 0.1) is 13.8 Å². The van der Waals surface area contributed by atoms with Crippen molar-refractivity contribution in [3.63, 3.8) is 0 Å². The summed E-state index contributed by atoms with van der Waals surface area (Å²) in [6.45, 7) is 3.90. The van der Waals surface area contributed by atoms with E-state index in [1.807, 2.05) is 44.2 Å². The summed E-state index contributed by atoms with van der Waals surface area (Å²) in [5, 5.41) is 2.39. The lowest BCUT2D eigenvalue weighted by Gasteiger charge is -2.07. The Hall–Kier alpha value is -2.25. The van der Waals surface area contributed by atoms with E-state index < -0.39 is 0 Å². The van der Waals surface area contributed by atoms with E-state index in [1.54, 1.807) is 0 Å². The molecule has 106 valence electrons. The van der Waals surface area contributed by atoms with Crippen LogP contribution in [0.4, 0.5) is 5.95 Å². The van der Waals surface area contributed by atoms with E-state index in [0.29, 0.717) is 11.1 Å². The third-order valence-electron chi connectivity index (χ3n) is 2.85. The lowest BCUT2D eigenvalue weighted by molar-refractivity contribution is 0.899. The standard InChI is InChI=1S/C14H14N6S/c1-8-7-9(2)17-14(16-8)21-12-10-5-3-4-6-11(10)18-13(19-12)20-15/h3-7H,15H2,1-2H3,(H,18,19,20). The molecule has 21 heavy (non-hydrogen) atoms. The highest BCUT2D eigenvalue weighted by molar-refractivity contribution is 7.99. The molecule has 2 heterocycles. The number of rotatable bonds is 3. The Kier molecular flexibility index (Phi) is 3.68. The highest BCUT2D eigenvalue weighted by atomic mass is 32.2. The quantitative estimate of drug-likeness (QED) is 0.332. The number of nitrogens with two attached hydrogens (primary N) is 1. The number of nitrogen functional groups attached to an aromatic ring is 1. The number of anilines is 1. The van der Waals surface area contributed by atoms with Crippen molar-refractivity contribution in [3.05, 3.63) is 41.7 Å². The van der Waals surface area contributed by atoms with Gasteiger partial charge in [0.25, 0.3) is 0 Å². The summed E-state index contributed by atoms with van der Waals surface area (Å²) < 4.78 is 0. The van der Waals surface area contributed by atoms with Crippen molar-refractivity contribution >= 4 is 28.6 Å². The van der Waals surface area contributed by atoms with Crippen molar-refractivity contribution in [2.45, 2.75) is 24.0 Å². The van der Waals surface area contributed by atoms with Crippen LogP contribution < -0.4 is 11.3 Å².